The molecular formula is C14H18N2O5. The molecule has 2 N–H and O–H groups in total. The molecule has 2 atom stereocenters. The molecule has 114 valence electrons. The van der Waals surface area contributed by atoms with Crippen LogP contribution in [0.2, 0.25) is 0 Å². The maximum Gasteiger partial charge on any atom is 0.337 e. The lowest BCUT2D eigenvalue weighted by atomic mass is 10.1. The van der Waals surface area contributed by atoms with Crippen molar-refractivity contribution in [2.45, 2.75) is 26.1 Å². The van der Waals surface area contributed by atoms with Crippen molar-refractivity contribution in [3.8, 4) is 0 Å². The SMILES string of the molecule is Cc1nc(C(=O)N2CC(C)OC(CO)C2)ccc1C(=O)O. The van der Waals surface area contributed by atoms with Gasteiger partial charge in [-0.1, -0.05) is 0 Å². The van der Waals surface area contributed by atoms with Gasteiger partial charge in [0, 0.05) is 13.1 Å². The number of rotatable bonds is 3. The first-order chi connectivity index (χ1) is 9.92. The van der Waals surface area contributed by atoms with Crippen LogP contribution in [0, 0.1) is 6.92 Å². The fourth-order valence-corrected chi connectivity index (χ4v) is 2.38. The summed E-state index contributed by atoms with van der Waals surface area (Å²) in [6.07, 6.45) is -0.573. The first-order valence-electron chi connectivity index (χ1n) is 6.69. The molecule has 0 spiro atoms. The van der Waals surface area contributed by atoms with Crippen LogP contribution in [0.5, 0.6) is 0 Å². The van der Waals surface area contributed by atoms with Crippen molar-refractivity contribution in [1.82, 2.24) is 9.88 Å². The third-order valence-corrected chi connectivity index (χ3v) is 3.35. The van der Waals surface area contributed by atoms with Crippen molar-refractivity contribution < 1.29 is 24.5 Å². The number of carboxylic acid groups (broad SMARTS) is 1. The highest BCUT2D eigenvalue weighted by atomic mass is 16.5. The summed E-state index contributed by atoms with van der Waals surface area (Å²) in [4.78, 5) is 29.0. The monoisotopic (exact) mass is 294 g/mol. The minimum absolute atomic E-state index is 0.0788. The van der Waals surface area contributed by atoms with Crippen LogP contribution in [0.15, 0.2) is 12.1 Å². The van der Waals surface area contributed by atoms with Crippen LogP contribution in [0.3, 0.4) is 0 Å². The summed E-state index contributed by atoms with van der Waals surface area (Å²) < 4.78 is 5.48. The molecule has 1 saturated heterocycles. The molecule has 7 nitrogen and oxygen atoms in total. The second-order valence-electron chi connectivity index (χ2n) is 5.10. The van der Waals surface area contributed by atoms with Gasteiger partial charge in [0.2, 0.25) is 0 Å². The number of nitrogens with zero attached hydrogens (tertiary/aromatic N) is 2. The number of ether oxygens (including phenoxy) is 1. The summed E-state index contributed by atoms with van der Waals surface area (Å²) >= 11 is 0. The van der Waals surface area contributed by atoms with E-state index in [0.717, 1.165) is 0 Å². The van der Waals surface area contributed by atoms with Crippen molar-refractivity contribution >= 4 is 11.9 Å². The van der Waals surface area contributed by atoms with E-state index in [1.165, 1.54) is 12.1 Å². The number of aliphatic hydroxyl groups excluding tert-OH is 1. The minimum atomic E-state index is -1.07. The number of aromatic nitrogens is 1. The molecule has 1 aromatic rings. The van der Waals surface area contributed by atoms with Crippen LogP contribution < -0.4 is 0 Å². The van der Waals surface area contributed by atoms with E-state index in [9.17, 15) is 14.7 Å². The first kappa shape index (κ1) is 15.4. The number of carbonyl (C=O) groups excluding carboxylic acids is 1. The average molecular weight is 294 g/mol. The summed E-state index contributed by atoms with van der Waals surface area (Å²) in [6.45, 7) is 3.93. The smallest absolute Gasteiger partial charge is 0.337 e. The van der Waals surface area contributed by atoms with Crippen molar-refractivity contribution in [3.05, 3.63) is 29.1 Å². The average Bonchev–Trinajstić information content (AvgIpc) is 2.45. The maximum atomic E-state index is 12.4. The Morgan fingerprint density at radius 3 is 2.71 bits per heavy atom. The third kappa shape index (κ3) is 3.37. The van der Waals surface area contributed by atoms with Gasteiger partial charge in [0.25, 0.3) is 5.91 Å². The Bertz CT molecular complexity index is 560. The third-order valence-electron chi connectivity index (χ3n) is 3.35. The van der Waals surface area contributed by atoms with Crippen LogP contribution in [-0.2, 0) is 4.74 Å². The van der Waals surface area contributed by atoms with E-state index in [1.54, 1.807) is 11.8 Å². The molecule has 0 aliphatic carbocycles. The lowest BCUT2D eigenvalue weighted by Gasteiger charge is -2.35. The molecule has 2 heterocycles. The molecule has 7 heteroatoms. The molecule has 21 heavy (non-hydrogen) atoms. The molecule has 2 unspecified atom stereocenters. The maximum absolute atomic E-state index is 12.4. The number of amides is 1. The van der Waals surface area contributed by atoms with E-state index < -0.39 is 12.1 Å². The van der Waals surface area contributed by atoms with Gasteiger partial charge < -0.3 is 19.8 Å². The van der Waals surface area contributed by atoms with Gasteiger partial charge in [-0.25, -0.2) is 9.78 Å². The van der Waals surface area contributed by atoms with E-state index in [0.29, 0.717) is 18.8 Å². The zero-order valence-corrected chi connectivity index (χ0v) is 11.9. The Morgan fingerprint density at radius 1 is 1.43 bits per heavy atom. The van der Waals surface area contributed by atoms with Gasteiger partial charge in [0.1, 0.15) is 5.69 Å². The van der Waals surface area contributed by atoms with Crippen LogP contribution in [0.4, 0.5) is 0 Å². The zero-order valence-electron chi connectivity index (χ0n) is 11.9. The second kappa shape index (κ2) is 6.19. The Labute approximate surface area is 122 Å². The highest BCUT2D eigenvalue weighted by molar-refractivity contribution is 5.94. The standard InChI is InChI=1S/C14H18N2O5/c1-8-5-16(6-10(7-17)21-8)13(18)12-4-3-11(14(19)20)9(2)15-12/h3-4,8,10,17H,5-7H2,1-2H3,(H,19,20). The lowest BCUT2D eigenvalue weighted by Crippen LogP contribution is -2.50. The van der Waals surface area contributed by atoms with Crippen molar-refractivity contribution in [2.75, 3.05) is 19.7 Å². The van der Waals surface area contributed by atoms with Gasteiger partial charge >= 0.3 is 5.97 Å². The number of carbonyl (C=O) groups is 2. The number of pyridine rings is 1. The van der Waals surface area contributed by atoms with Crippen LogP contribution >= 0.6 is 0 Å². The van der Waals surface area contributed by atoms with Crippen LogP contribution in [0.25, 0.3) is 0 Å². The quantitative estimate of drug-likeness (QED) is 0.832. The van der Waals surface area contributed by atoms with Gasteiger partial charge in [-0.05, 0) is 26.0 Å². The molecule has 2 rings (SSSR count). The Kier molecular flexibility index (Phi) is 4.54. The largest absolute Gasteiger partial charge is 0.478 e. The normalized spacial score (nSPS) is 22.1. The predicted molar refractivity (Wildman–Crippen MR) is 73.3 cm³/mol. The molecule has 1 amide bonds. The fourth-order valence-electron chi connectivity index (χ4n) is 2.38. The summed E-state index contributed by atoms with van der Waals surface area (Å²) in [5.74, 6) is -1.36. The summed E-state index contributed by atoms with van der Waals surface area (Å²) in [6, 6.07) is 2.79. The second-order valence-corrected chi connectivity index (χ2v) is 5.10. The number of aromatic carboxylic acids is 1. The number of carboxylic acids is 1. The number of hydrogen-bond acceptors (Lipinski definition) is 5. The predicted octanol–water partition coefficient (Wildman–Crippen LogP) is 0.310. The topological polar surface area (TPSA) is 100.0 Å². The number of aliphatic hydroxyl groups is 1. The van der Waals surface area contributed by atoms with Gasteiger partial charge in [0.15, 0.2) is 0 Å². The molecule has 0 aromatic carbocycles. The number of aryl methyl sites for hydroxylation is 1. The van der Waals surface area contributed by atoms with Gasteiger partial charge in [-0.2, -0.15) is 0 Å². The van der Waals surface area contributed by atoms with Gasteiger partial charge in [-0.3, -0.25) is 4.79 Å². The fraction of sp³-hybridized carbons (Fsp3) is 0.500. The highest BCUT2D eigenvalue weighted by Crippen LogP contribution is 2.15. The molecule has 0 saturated carbocycles. The molecular weight excluding hydrogens is 276 g/mol. The van der Waals surface area contributed by atoms with Crippen LogP contribution in [-0.4, -0.2) is 63.9 Å². The van der Waals surface area contributed by atoms with E-state index in [4.69, 9.17) is 9.84 Å². The Hall–Kier alpha value is -1.99. The minimum Gasteiger partial charge on any atom is -0.478 e. The van der Waals surface area contributed by atoms with Crippen molar-refractivity contribution in [3.63, 3.8) is 0 Å². The summed E-state index contributed by atoms with van der Waals surface area (Å²) in [5, 5.41) is 18.1. The molecule has 1 aliphatic heterocycles. The molecule has 1 aromatic heterocycles. The van der Waals surface area contributed by atoms with Gasteiger partial charge in [-0.15, -0.1) is 0 Å². The van der Waals surface area contributed by atoms with Gasteiger partial charge in [0.05, 0.1) is 30.1 Å². The summed E-state index contributed by atoms with van der Waals surface area (Å²) in [7, 11) is 0. The molecule has 1 fully saturated rings. The molecule has 0 radical (unpaired) electrons. The van der Waals surface area contributed by atoms with Crippen molar-refractivity contribution in [2.24, 2.45) is 0 Å². The Morgan fingerprint density at radius 2 is 2.14 bits per heavy atom. The first-order valence-corrected chi connectivity index (χ1v) is 6.69. The number of hydrogen-bond donors (Lipinski definition) is 2. The van der Waals surface area contributed by atoms with Crippen molar-refractivity contribution in [1.29, 1.82) is 0 Å². The Balaban J connectivity index is 2.19. The summed E-state index contributed by atoms with van der Waals surface area (Å²) in [5.41, 5.74) is 0.576. The molecule has 1 aliphatic rings. The zero-order chi connectivity index (χ0) is 15.6. The van der Waals surface area contributed by atoms with Crippen LogP contribution in [0.1, 0.15) is 33.5 Å². The van der Waals surface area contributed by atoms with E-state index >= 15 is 0 Å². The van der Waals surface area contributed by atoms with E-state index in [2.05, 4.69) is 4.98 Å². The van der Waals surface area contributed by atoms with E-state index in [1.807, 2.05) is 6.92 Å². The number of morpholine rings is 1. The lowest BCUT2D eigenvalue weighted by molar-refractivity contribution is -0.0859. The molecule has 0 bridgehead atoms. The highest BCUT2D eigenvalue weighted by Gasteiger charge is 2.29. The van der Waals surface area contributed by atoms with E-state index in [-0.39, 0.29) is 29.9 Å².